The highest BCUT2D eigenvalue weighted by atomic mass is 19.1. The first-order chi connectivity index (χ1) is 7.90. The lowest BCUT2D eigenvalue weighted by atomic mass is 9.99. The molecule has 0 fully saturated rings. The first-order valence-corrected chi connectivity index (χ1v) is 4.96. The van der Waals surface area contributed by atoms with Crippen molar-refractivity contribution in [3.05, 3.63) is 34.9 Å². The normalized spacial score (nSPS) is 14.4. The summed E-state index contributed by atoms with van der Waals surface area (Å²) in [6.07, 6.45) is -4.83. The molecule has 1 aromatic carbocycles. The van der Waals surface area contributed by atoms with Crippen molar-refractivity contribution in [1.29, 1.82) is 0 Å². The lowest BCUT2D eigenvalue weighted by molar-refractivity contribution is 0.0422. The van der Waals surface area contributed by atoms with Crippen molar-refractivity contribution in [2.75, 3.05) is 0 Å². The molecule has 6 heteroatoms. The largest absolute Gasteiger partial charge is 0.366 e. The summed E-state index contributed by atoms with van der Waals surface area (Å²) in [5.41, 5.74) is 5.72. The molecule has 2 unspecified atom stereocenters. The fourth-order valence-electron chi connectivity index (χ4n) is 1.56. The molecule has 0 spiro atoms. The summed E-state index contributed by atoms with van der Waals surface area (Å²) in [4.78, 5) is 11.0. The number of nitrogens with two attached hydrogens (primary N) is 1. The zero-order valence-electron chi connectivity index (χ0n) is 8.94. The van der Waals surface area contributed by atoms with E-state index >= 15 is 0 Å². The van der Waals surface area contributed by atoms with Gasteiger partial charge in [-0.15, -0.1) is 0 Å². The monoisotopic (exact) mass is 245 g/mol. The van der Waals surface area contributed by atoms with E-state index < -0.39 is 25.0 Å². The summed E-state index contributed by atoms with van der Waals surface area (Å²) in [7, 11) is 0. The maximum Gasteiger partial charge on any atom is 0.248 e. The molecule has 4 nitrogen and oxygen atoms in total. The molecule has 1 rings (SSSR count). The Bertz CT molecular complexity index is 408. The third-order valence-corrected chi connectivity index (χ3v) is 2.23. The Labute approximate surface area is 96.7 Å². The highest BCUT2D eigenvalue weighted by Gasteiger charge is 2.13. The minimum atomic E-state index is -2.13. The van der Waals surface area contributed by atoms with Crippen LogP contribution < -0.4 is 5.73 Å². The molecule has 0 aliphatic rings. The van der Waals surface area contributed by atoms with Crippen LogP contribution in [0.15, 0.2) is 18.2 Å². The Balaban J connectivity index is 3.05. The fourth-order valence-corrected chi connectivity index (χ4v) is 1.56. The molecule has 0 saturated heterocycles. The van der Waals surface area contributed by atoms with Crippen LogP contribution >= 0.6 is 0 Å². The second-order valence-electron chi connectivity index (χ2n) is 3.63. The molecule has 0 aromatic heterocycles. The molecule has 1 amide bonds. The minimum absolute atomic E-state index is 0.0683. The average Bonchev–Trinajstić information content (AvgIpc) is 2.15. The number of aliphatic hydroxyl groups is 2. The van der Waals surface area contributed by atoms with Crippen LogP contribution in [-0.4, -0.2) is 28.8 Å². The van der Waals surface area contributed by atoms with Crippen molar-refractivity contribution < 1.29 is 23.8 Å². The zero-order valence-corrected chi connectivity index (χ0v) is 8.94. The number of rotatable bonds is 5. The number of halogens is 2. The lowest BCUT2D eigenvalue weighted by Crippen LogP contribution is -2.16. The number of amides is 1. The second-order valence-corrected chi connectivity index (χ2v) is 3.63. The van der Waals surface area contributed by atoms with Crippen LogP contribution in [0, 0.1) is 0 Å². The number of carbonyl (C=O) groups is 1. The topological polar surface area (TPSA) is 83.6 Å². The number of aliphatic hydroxyl groups excluding tert-OH is 2. The fraction of sp³-hybridized carbons (Fsp3) is 0.364. The standard InChI is InChI=1S/C11H13F2NO3/c12-9(15)4-6-1-2-8(11(14)17)7(3-6)5-10(13)16/h1-3,9-10,15-16H,4-5H2,(H2,14,17). The lowest BCUT2D eigenvalue weighted by Gasteiger charge is -2.10. The molecule has 0 aliphatic heterocycles. The molecule has 1 aromatic rings. The first-order valence-electron chi connectivity index (χ1n) is 4.96. The maximum absolute atomic E-state index is 12.5. The molecule has 4 N–H and O–H groups in total. The zero-order chi connectivity index (χ0) is 13.0. The number of carbonyl (C=O) groups excluding carboxylic acids is 1. The Hall–Kier alpha value is -1.53. The highest BCUT2D eigenvalue weighted by Crippen LogP contribution is 2.16. The van der Waals surface area contributed by atoms with E-state index in [-0.39, 0.29) is 17.5 Å². The van der Waals surface area contributed by atoms with Gasteiger partial charge >= 0.3 is 0 Å². The molecule has 0 radical (unpaired) electrons. The Morgan fingerprint density at radius 3 is 2.29 bits per heavy atom. The summed E-state index contributed by atoms with van der Waals surface area (Å²) < 4.78 is 24.9. The number of hydrogen-bond donors (Lipinski definition) is 3. The van der Waals surface area contributed by atoms with Gasteiger partial charge in [0.15, 0.2) is 12.7 Å². The minimum Gasteiger partial charge on any atom is -0.366 e. The van der Waals surface area contributed by atoms with E-state index in [2.05, 4.69) is 0 Å². The van der Waals surface area contributed by atoms with E-state index in [0.29, 0.717) is 5.56 Å². The predicted molar refractivity (Wildman–Crippen MR) is 56.6 cm³/mol. The van der Waals surface area contributed by atoms with E-state index in [1.165, 1.54) is 18.2 Å². The number of benzene rings is 1. The van der Waals surface area contributed by atoms with Crippen LogP contribution in [0.25, 0.3) is 0 Å². The van der Waals surface area contributed by atoms with E-state index in [1.54, 1.807) is 0 Å². The van der Waals surface area contributed by atoms with Crippen molar-refractivity contribution >= 4 is 5.91 Å². The van der Waals surface area contributed by atoms with Crippen molar-refractivity contribution in [2.45, 2.75) is 25.6 Å². The van der Waals surface area contributed by atoms with Gasteiger partial charge in [0.05, 0.1) is 0 Å². The molecule has 0 aliphatic carbocycles. The van der Waals surface area contributed by atoms with E-state index in [9.17, 15) is 13.6 Å². The smallest absolute Gasteiger partial charge is 0.248 e. The predicted octanol–water partition coefficient (Wildman–Crippen LogP) is 0.446. The van der Waals surface area contributed by atoms with Crippen molar-refractivity contribution in [2.24, 2.45) is 5.73 Å². The molecule has 0 heterocycles. The third kappa shape index (κ3) is 4.08. The van der Waals surface area contributed by atoms with Crippen molar-refractivity contribution in [3.63, 3.8) is 0 Å². The van der Waals surface area contributed by atoms with Crippen LogP contribution in [0.3, 0.4) is 0 Å². The molecule has 0 saturated carbocycles. The molecular weight excluding hydrogens is 232 g/mol. The van der Waals surface area contributed by atoms with Gasteiger partial charge in [0.25, 0.3) is 0 Å². The SMILES string of the molecule is NC(=O)c1ccc(CC(O)F)cc1CC(O)F. The summed E-state index contributed by atoms with van der Waals surface area (Å²) in [6.45, 7) is 0. The van der Waals surface area contributed by atoms with Crippen LogP contribution in [0.1, 0.15) is 21.5 Å². The maximum atomic E-state index is 12.5. The molecule has 2 atom stereocenters. The summed E-state index contributed by atoms with van der Waals surface area (Å²) in [5.74, 6) is -0.756. The van der Waals surface area contributed by atoms with Crippen LogP contribution in [0.4, 0.5) is 8.78 Å². The summed E-state index contributed by atoms with van der Waals surface area (Å²) >= 11 is 0. The van der Waals surface area contributed by atoms with Crippen LogP contribution in [-0.2, 0) is 12.8 Å². The summed E-state index contributed by atoms with van der Waals surface area (Å²) in [6, 6.07) is 4.07. The number of alkyl halides is 2. The highest BCUT2D eigenvalue weighted by molar-refractivity contribution is 5.94. The quantitative estimate of drug-likeness (QED) is 0.704. The van der Waals surface area contributed by atoms with Gasteiger partial charge in [0.1, 0.15) is 0 Å². The average molecular weight is 245 g/mol. The number of primary amides is 1. The molecular formula is C11H13F2NO3. The van der Waals surface area contributed by atoms with E-state index in [1.807, 2.05) is 0 Å². The van der Waals surface area contributed by atoms with E-state index in [0.717, 1.165) is 0 Å². The van der Waals surface area contributed by atoms with Gasteiger partial charge in [-0.1, -0.05) is 12.1 Å². The Morgan fingerprint density at radius 1 is 1.24 bits per heavy atom. The Morgan fingerprint density at radius 2 is 1.82 bits per heavy atom. The molecule has 17 heavy (non-hydrogen) atoms. The van der Waals surface area contributed by atoms with Gasteiger partial charge in [-0.25, -0.2) is 8.78 Å². The first kappa shape index (κ1) is 13.5. The van der Waals surface area contributed by atoms with Gasteiger partial charge in [-0.05, 0) is 17.2 Å². The van der Waals surface area contributed by atoms with E-state index in [4.69, 9.17) is 15.9 Å². The van der Waals surface area contributed by atoms with Gasteiger partial charge in [-0.3, -0.25) is 4.79 Å². The van der Waals surface area contributed by atoms with Gasteiger partial charge in [-0.2, -0.15) is 0 Å². The Kier molecular flexibility index (Phi) is 4.53. The van der Waals surface area contributed by atoms with Gasteiger partial charge in [0, 0.05) is 18.4 Å². The van der Waals surface area contributed by atoms with Crippen molar-refractivity contribution in [1.82, 2.24) is 0 Å². The van der Waals surface area contributed by atoms with Crippen LogP contribution in [0.2, 0.25) is 0 Å². The van der Waals surface area contributed by atoms with Gasteiger partial charge in [0.2, 0.25) is 5.91 Å². The van der Waals surface area contributed by atoms with Crippen molar-refractivity contribution in [3.8, 4) is 0 Å². The van der Waals surface area contributed by atoms with Crippen LogP contribution in [0.5, 0.6) is 0 Å². The number of hydrogen-bond acceptors (Lipinski definition) is 3. The third-order valence-electron chi connectivity index (χ3n) is 2.23. The molecule has 94 valence electrons. The summed E-state index contributed by atoms with van der Waals surface area (Å²) in [5, 5.41) is 17.2. The second kappa shape index (κ2) is 5.70. The molecule has 0 bridgehead atoms. The van der Waals surface area contributed by atoms with Gasteiger partial charge < -0.3 is 15.9 Å².